The molecule has 1 aliphatic rings. The molecule has 2 atom stereocenters. The number of hydrogen-bond acceptors (Lipinski definition) is 2. The number of rotatable bonds is 4. The van der Waals surface area contributed by atoms with Gasteiger partial charge in [0.1, 0.15) is 0 Å². The molecule has 1 saturated heterocycles. The Morgan fingerprint density at radius 1 is 1.38 bits per heavy atom. The van der Waals surface area contributed by atoms with Crippen LogP contribution >= 0.6 is 0 Å². The molecule has 0 amide bonds. The van der Waals surface area contributed by atoms with Crippen molar-refractivity contribution < 1.29 is 5.11 Å². The van der Waals surface area contributed by atoms with E-state index in [1.54, 1.807) is 0 Å². The largest absolute Gasteiger partial charge is 0.393 e. The molecule has 92 valence electrons. The second kappa shape index (κ2) is 7.70. The summed E-state index contributed by atoms with van der Waals surface area (Å²) < 4.78 is 0. The lowest BCUT2D eigenvalue weighted by atomic mass is 10.0. The summed E-state index contributed by atoms with van der Waals surface area (Å²) in [6, 6.07) is 0.571. The molecule has 0 aliphatic carbocycles. The maximum atomic E-state index is 9.53. The fourth-order valence-corrected chi connectivity index (χ4v) is 2.52. The highest BCUT2D eigenvalue weighted by molar-refractivity contribution is 4.96. The van der Waals surface area contributed by atoms with E-state index in [-0.39, 0.29) is 6.10 Å². The molecular weight excluding hydrogens is 198 g/mol. The zero-order valence-electron chi connectivity index (χ0n) is 10.7. The maximum Gasteiger partial charge on any atom is 0.0527 e. The minimum absolute atomic E-state index is 0.178. The lowest BCUT2D eigenvalue weighted by molar-refractivity contribution is 0.114. The second-order valence-corrected chi connectivity index (χ2v) is 4.80. The molecule has 2 nitrogen and oxygen atoms in total. The van der Waals surface area contributed by atoms with Crippen molar-refractivity contribution in [2.45, 2.75) is 64.5 Å². The number of aliphatic hydroxyl groups is 1. The molecule has 1 N–H and O–H groups in total. The van der Waals surface area contributed by atoms with Gasteiger partial charge in [0, 0.05) is 19.0 Å². The van der Waals surface area contributed by atoms with Crippen molar-refractivity contribution in [3.8, 4) is 11.8 Å². The summed E-state index contributed by atoms with van der Waals surface area (Å²) in [6.45, 7) is 6.05. The van der Waals surface area contributed by atoms with Gasteiger partial charge in [0.25, 0.3) is 0 Å². The van der Waals surface area contributed by atoms with E-state index in [0.29, 0.717) is 6.04 Å². The molecule has 2 heteroatoms. The molecule has 1 aliphatic heterocycles. The van der Waals surface area contributed by atoms with Crippen LogP contribution in [0.5, 0.6) is 0 Å². The molecule has 0 aromatic heterocycles. The first kappa shape index (κ1) is 13.5. The highest BCUT2D eigenvalue weighted by Crippen LogP contribution is 2.20. The molecule has 0 aromatic carbocycles. The number of likely N-dealkylation sites (tertiary alicyclic amines) is 1. The van der Waals surface area contributed by atoms with Crippen LogP contribution in [-0.2, 0) is 0 Å². The smallest absolute Gasteiger partial charge is 0.0527 e. The van der Waals surface area contributed by atoms with Crippen LogP contribution in [0.1, 0.15) is 52.4 Å². The van der Waals surface area contributed by atoms with E-state index in [1.165, 1.54) is 32.2 Å². The van der Waals surface area contributed by atoms with Gasteiger partial charge in [0.2, 0.25) is 0 Å². The highest BCUT2D eigenvalue weighted by atomic mass is 16.3. The number of aliphatic hydroxyl groups excluding tert-OH is 1. The Bertz CT molecular complexity index is 239. The van der Waals surface area contributed by atoms with Crippen LogP contribution in [0.25, 0.3) is 0 Å². The third kappa shape index (κ3) is 5.01. The van der Waals surface area contributed by atoms with Gasteiger partial charge in [0.15, 0.2) is 0 Å². The van der Waals surface area contributed by atoms with Crippen molar-refractivity contribution in [1.29, 1.82) is 0 Å². The van der Waals surface area contributed by atoms with Crippen molar-refractivity contribution in [2.75, 3.05) is 13.1 Å². The predicted molar refractivity (Wildman–Crippen MR) is 68.2 cm³/mol. The SMILES string of the molecule is CC#CCCN1CCCCCC1CC(C)O. The van der Waals surface area contributed by atoms with Crippen LogP contribution in [0.2, 0.25) is 0 Å². The molecule has 2 unspecified atom stereocenters. The molecule has 0 aromatic rings. The van der Waals surface area contributed by atoms with Crippen molar-refractivity contribution in [1.82, 2.24) is 4.90 Å². The third-order valence-electron chi connectivity index (χ3n) is 3.31. The van der Waals surface area contributed by atoms with E-state index >= 15 is 0 Å². The van der Waals surface area contributed by atoms with Crippen LogP contribution in [0.4, 0.5) is 0 Å². The van der Waals surface area contributed by atoms with Gasteiger partial charge in [-0.25, -0.2) is 0 Å². The summed E-state index contributed by atoms with van der Waals surface area (Å²) >= 11 is 0. The average Bonchev–Trinajstić information content (AvgIpc) is 2.44. The van der Waals surface area contributed by atoms with Gasteiger partial charge < -0.3 is 5.11 Å². The first-order valence-electron chi connectivity index (χ1n) is 6.55. The van der Waals surface area contributed by atoms with Crippen molar-refractivity contribution in [3.63, 3.8) is 0 Å². The quantitative estimate of drug-likeness (QED) is 0.740. The first-order chi connectivity index (χ1) is 7.74. The zero-order chi connectivity index (χ0) is 11.8. The summed E-state index contributed by atoms with van der Waals surface area (Å²) in [5, 5.41) is 9.53. The van der Waals surface area contributed by atoms with Crippen LogP contribution in [0.15, 0.2) is 0 Å². The molecule has 0 bridgehead atoms. The standard InChI is InChI=1S/C14H25NO/c1-3-4-7-10-15-11-8-5-6-9-14(15)12-13(2)16/h13-14,16H,5-12H2,1-2H3. The van der Waals surface area contributed by atoms with E-state index in [2.05, 4.69) is 16.7 Å². The normalized spacial score (nSPS) is 24.3. The Balaban J connectivity index is 2.46. The van der Waals surface area contributed by atoms with Gasteiger partial charge in [-0.3, -0.25) is 4.90 Å². The van der Waals surface area contributed by atoms with Gasteiger partial charge >= 0.3 is 0 Å². The number of hydrogen-bond donors (Lipinski definition) is 1. The Morgan fingerprint density at radius 2 is 2.19 bits per heavy atom. The van der Waals surface area contributed by atoms with Crippen molar-refractivity contribution in [2.24, 2.45) is 0 Å². The minimum atomic E-state index is -0.178. The molecule has 0 radical (unpaired) electrons. The average molecular weight is 223 g/mol. The van der Waals surface area contributed by atoms with Crippen molar-refractivity contribution in [3.05, 3.63) is 0 Å². The van der Waals surface area contributed by atoms with Gasteiger partial charge in [-0.05, 0) is 39.7 Å². The predicted octanol–water partition coefficient (Wildman–Crippen LogP) is 2.42. The molecule has 0 saturated carbocycles. The lowest BCUT2D eigenvalue weighted by Crippen LogP contribution is -2.37. The first-order valence-corrected chi connectivity index (χ1v) is 6.55. The lowest BCUT2D eigenvalue weighted by Gasteiger charge is -2.30. The molecule has 16 heavy (non-hydrogen) atoms. The summed E-state index contributed by atoms with van der Waals surface area (Å²) in [5.74, 6) is 6.09. The van der Waals surface area contributed by atoms with E-state index < -0.39 is 0 Å². The molecule has 0 spiro atoms. The highest BCUT2D eigenvalue weighted by Gasteiger charge is 2.21. The van der Waals surface area contributed by atoms with E-state index in [1.807, 2.05) is 13.8 Å². The Labute approximate surface area is 100 Å². The Morgan fingerprint density at radius 3 is 2.88 bits per heavy atom. The Hall–Kier alpha value is -0.520. The second-order valence-electron chi connectivity index (χ2n) is 4.80. The van der Waals surface area contributed by atoms with Gasteiger partial charge in [-0.1, -0.05) is 12.8 Å². The van der Waals surface area contributed by atoms with E-state index in [9.17, 15) is 5.11 Å². The molecule has 1 heterocycles. The summed E-state index contributed by atoms with van der Waals surface area (Å²) in [4.78, 5) is 2.53. The number of nitrogens with zero attached hydrogens (tertiary/aromatic N) is 1. The molecule has 1 rings (SSSR count). The van der Waals surface area contributed by atoms with Crippen molar-refractivity contribution >= 4 is 0 Å². The van der Waals surface area contributed by atoms with Crippen LogP contribution in [0, 0.1) is 11.8 Å². The minimum Gasteiger partial charge on any atom is -0.393 e. The zero-order valence-corrected chi connectivity index (χ0v) is 10.7. The molecule has 1 fully saturated rings. The van der Waals surface area contributed by atoms with Crippen LogP contribution in [0.3, 0.4) is 0 Å². The maximum absolute atomic E-state index is 9.53. The summed E-state index contributed by atoms with van der Waals surface area (Å²) in [5.41, 5.74) is 0. The van der Waals surface area contributed by atoms with E-state index in [4.69, 9.17) is 0 Å². The third-order valence-corrected chi connectivity index (χ3v) is 3.31. The molecular formula is C14H25NO. The van der Waals surface area contributed by atoms with Crippen LogP contribution in [-0.4, -0.2) is 35.2 Å². The Kier molecular flexibility index (Phi) is 6.52. The topological polar surface area (TPSA) is 23.5 Å². The van der Waals surface area contributed by atoms with Gasteiger partial charge in [-0.2, -0.15) is 0 Å². The fraction of sp³-hybridized carbons (Fsp3) is 0.857. The summed E-state index contributed by atoms with van der Waals surface area (Å²) in [7, 11) is 0. The van der Waals surface area contributed by atoms with Gasteiger partial charge in [-0.15, -0.1) is 11.8 Å². The van der Waals surface area contributed by atoms with Gasteiger partial charge in [0.05, 0.1) is 6.10 Å². The monoisotopic (exact) mass is 223 g/mol. The fourth-order valence-electron chi connectivity index (χ4n) is 2.52. The van der Waals surface area contributed by atoms with E-state index in [0.717, 1.165) is 19.4 Å². The summed E-state index contributed by atoms with van der Waals surface area (Å²) in [6.07, 6.45) is 6.90. The van der Waals surface area contributed by atoms with Crippen LogP contribution < -0.4 is 0 Å².